The normalized spacial score (nSPS) is 10.7. The number of carbonyl (C=O) groups is 1. The number of nitrogens with zero attached hydrogens (tertiary/aromatic N) is 4. The maximum Gasteiger partial charge on any atom is 0.325 e. The molecule has 0 unspecified atom stereocenters. The lowest BCUT2D eigenvalue weighted by atomic mass is 10.6. The van der Waals surface area contributed by atoms with Gasteiger partial charge in [0.25, 0.3) is 0 Å². The van der Waals surface area contributed by atoms with Gasteiger partial charge in [0.05, 0.1) is 0 Å². The molecule has 1 rings (SSSR count). The summed E-state index contributed by atoms with van der Waals surface area (Å²) in [6, 6.07) is 0. The molecule has 0 atom stereocenters. The number of rotatable bonds is 4. The van der Waals surface area contributed by atoms with Crippen LogP contribution in [0.25, 0.3) is 0 Å². The van der Waals surface area contributed by atoms with Gasteiger partial charge in [-0.25, -0.2) is 4.68 Å². The highest BCUT2D eigenvalue weighted by molar-refractivity contribution is 7.99. The van der Waals surface area contributed by atoms with Gasteiger partial charge < -0.3 is 5.11 Å². The molecule has 0 aliphatic rings. The minimum Gasteiger partial charge on any atom is -0.480 e. The van der Waals surface area contributed by atoms with Gasteiger partial charge in [-0.1, -0.05) is 25.6 Å². The van der Waals surface area contributed by atoms with Crippen molar-refractivity contribution >= 4 is 17.7 Å². The molecule has 72 valence electrons. The monoisotopic (exact) mass is 202 g/mol. The SMILES string of the molecule is CC(C)Sc1nnnn1CC(=O)O. The summed E-state index contributed by atoms with van der Waals surface area (Å²) in [6.07, 6.45) is 0. The Morgan fingerprint density at radius 1 is 1.69 bits per heavy atom. The largest absolute Gasteiger partial charge is 0.480 e. The van der Waals surface area contributed by atoms with Gasteiger partial charge in [-0.3, -0.25) is 4.79 Å². The van der Waals surface area contributed by atoms with Crippen LogP contribution in [0.15, 0.2) is 5.16 Å². The van der Waals surface area contributed by atoms with Crippen LogP contribution >= 0.6 is 11.8 Å². The first-order valence-corrected chi connectivity index (χ1v) is 4.62. The van der Waals surface area contributed by atoms with Gasteiger partial charge in [0.1, 0.15) is 6.54 Å². The molecule has 0 bridgehead atoms. The van der Waals surface area contributed by atoms with E-state index in [1.165, 1.54) is 16.4 Å². The fourth-order valence-corrected chi connectivity index (χ4v) is 1.45. The Morgan fingerprint density at radius 2 is 2.38 bits per heavy atom. The van der Waals surface area contributed by atoms with Gasteiger partial charge in [0.2, 0.25) is 5.16 Å². The van der Waals surface area contributed by atoms with Gasteiger partial charge in [0, 0.05) is 5.25 Å². The lowest BCUT2D eigenvalue weighted by Crippen LogP contribution is -2.11. The number of thioether (sulfide) groups is 1. The predicted octanol–water partition coefficient (Wildman–Crippen LogP) is 0.258. The van der Waals surface area contributed by atoms with Gasteiger partial charge in [-0.05, 0) is 10.4 Å². The second-order valence-electron chi connectivity index (χ2n) is 2.68. The first-order valence-electron chi connectivity index (χ1n) is 3.74. The third-order valence-corrected chi connectivity index (χ3v) is 2.10. The Bertz CT molecular complexity index is 299. The van der Waals surface area contributed by atoms with Crippen molar-refractivity contribution in [1.29, 1.82) is 0 Å². The second-order valence-corrected chi connectivity index (χ2v) is 4.22. The number of tetrazole rings is 1. The van der Waals surface area contributed by atoms with Crippen LogP contribution in [0.4, 0.5) is 0 Å². The Morgan fingerprint density at radius 3 is 2.92 bits per heavy atom. The molecule has 13 heavy (non-hydrogen) atoms. The molecule has 1 aromatic heterocycles. The minimum absolute atomic E-state index is 0.192. The quantitative estimate of drug-likeness (QED) is 0.705. The molecule has 0 radical (unpaired) electrons. The molecule has 0 saturated heterocycles. The Labute approximate surface area is 79.3 Å². The molecule has 0 saturated carbocycles. The summed E-state index contributed by atoms with van der Waals surface area (Å²) >= 11 is 1.44. The van der Waals surface area contributed by atoms with Crippen molar-refractivity contribution in [3.05, 3.63) is 0 Å². The molecule has 7 heteroatoms. The zero-order valence-corrected chi connectivity index (χ0v) is 8.15. The Hall–Kier alpha value is -1.11. The molecule has 0 amide bonds. The molecular formula is C6H10N4O2S. The fourth-order valence-electron chi connectivity index (χ4n) is 0.719. The lowest BCUT2D eigenvalue weighted by molar-refractivity contribution is -0.138. The molecular weight excluding hydrogens is 192 g/mol. The number of aliphatic carboxylic acids is 1. The van der Waals surface area contributed by atoms with Crippen molar-refractivity contribution < 1.29 is 9.90 Å². The van der Waals surface area contributed by atoms with E-state index in [9.17, 15) is 4.79 Å². The van der Waals surface area contributed by atoms with E-state index in [2.05, 4.69) is 15.5 Å². The summed E-state index contributed by atoms with van der Waals surface area (Å²) < 4.78 is 1.27. The van der Waals surface area contributed by atoms with E-state index in [4.69, 9.17) is 5.11 Å². The highest BCUT2D eigenvalue weighted by atomic mass is 32.2. The highest BCUT2D eigenvalue weighted by Crippen LogP contribution is 2.18. The average molecular weight is 202 g/mol. The van der Waals surface area contributed by atoms with E-state index in [0.717, 1.165) is 0 Å². The molecule has 0 aliphatic carbocycles. The van der Waals surface area contributed by atoms with Crippen LogP contribution in [-0.4, -0.2) is 36.5 Å². The summed E-state index contributed by atoms with van der Waals surface area (Å²) in [5.41, 5.74) is 0. The molecule has 6 nitrogen and oxygen atoms in total. The van der Waals surface area contributed by atoms with E-state index in [-0.39, 0.29) is 6.54 Å². The van der Waals surface area contributed by atoms with Crippen molar-refractivity contribution in [3.8, 4) is 0 Å². The number of carboxylic acids is 1. The van der Waals surface area contributed by atoms with E-state index >= 15 is 0 Å². The Balaban J connectivity index is 2.71. The first-order chi connectivity index (χ1) is 6.09. The van der Waals surface area contributed by atoms with E-state index < -0.39 is 5.97 Å². The van der Waals surface area contributed by atoms with E-state index in [1.54, 1.807) is 0 Å². The van der Waals surface area contributed by atoms with Crippen LogP contribution in [-0.2, 0) is 11.3 Å². The molecule has 1 aromatic rings. The third kappa shape index (κ3) is 3.02. The maximum absolute atomic E-state index is 10.4. The number of hydrogen-bond donors (Lipinski definition) is 1. The molecule has 0 aromatic carbocycles. The van der Waals surface area contributed by atoms with Crippen molar-refractivity contribution in [2.24, 2.45) is 0 Å². The van der Waals surface area contributed by atoms with Gasteiger partial charge >= 0.3 is 5.97 Å². The summed E-state index contributed by atoms with van der Waals surface area (Å²) in [5, 5.41) is 20.1. The minimum atomic E-state index is -0.946. The predicted molar refractivity (Wildman–Crippen MR) is 46.4 cm³/mol. The summed E-state index contributed by atoms with van der Waals surface area (Å²) in [7, 11) is 0. The topological polar surface area (TPSA) is 80.9 Å². The first kappa shape index (κ1) is 9.97. The Kier molecular flexibility index (Phi) is 3.24. The van der Waals surface area contributed by atoms with E-state index in [1.807, 2.05) is 13.8 Å². The zero-order valence-electron chi connectivity index (χ0n) is 7.34. The van der Waals surface area contributed by atoms with E-state index in [0.29, 0.717) is 10.4 Å². The zero-order chi connectivity index (χ0) is 9.84. The number of carboxylic acid groups (broad SMARTS) is 1. The van der Waals surface area contributed by atoms with Crippen molar-refractivity contribution in [2.75, 3.05) is 0 Å². The second kappa shape index (κ2) is 4.22. The van der Waals surface area contributed by atoms with Gasteiger partial charge in [-0.2, -0.15) is 0 Å². The molecule has 0 spiro atoms. The smallest absolute Gasteiger partial charge is 0.325 e. The van der Waals surface area contributed by atoms with Crippen molar-refractivity contribution in [3.63, 3.8) is 0 Å². The molecule has 1 heterocycles. The molecule has 0 fully saturated rings. The van der Waals surface area contributed by atoms with Gasteiger partial charge in [-0.15, -0.1) is 5.10 Å². The number of hydrogen-bond acceptors (Lipinski definition) is 5. The summed E-state index contributed by atoms with van der Waals surface area (Å²) in [4.78, 5) is 10.4. The third-order valence-electron chi connectivity index (χ3n) is 1.13. The summed E-state index contributed by atoms with van der Waals surface area (Å²) in [6.45, 7) is 3.79. The van der Waals surface area contributed by atoms with Crippen LogP contribution in [0.3, 0.4) is 0 Å². The van der Waals surface area contributed by atoms with Crippen LogP contribution in [0.2, 0.25) is 0 Å². The van der Waals surface area contributed by atoms with Gasteiger partial charge in [0.15, 0.2) is 0 Å². The van der Waals surface area contributed by atoms with Crippen molar-refractivity contribution in [2.45, 2.75) is 30.8 Å². The highest BCUT2D eigenvalue weighted by Gasteiger charge is 2.10. The standard InChI is InChI=1S/C6H10N4O2S/c1-4(2)13-6-7-8-9-10(6)3-5(11)12/h4H,3H2,1-2H3,(H,11,12). The molecule has 1 N–H and O–H groups in total. The lowest BCUT2D eigenvalue weighted by Gasteiger charge is -2.02. The maximum atomic E-state index is 10.4. The van der Waals surface area contributed by atoms with Crippen LogP contribution in [0.5, 0.6) is 0 Å². The average Bonchev–Trinajstić information content (AvgIpc) is 2.34. The van der Waals surface area contributed by atoms with Crippen molar-refractivity contribution in [1.82, 2.24) is 20.2 Å². The van der Waals surface area contributed by atoms with Crippen LogP contribution in [0, 0.1) is 0 Å². The van der Waals surface area contributed by atoms with Crippen LogP contribution in [0.1, 0.15) is 13.8 Å². The van der Waals surface area contributed by atoms with Crippen LogP contribution < -0.4 is 0 Å². The fraction of sp³-hybridized carbons (Fsp3) is 0.667. The summed E-state index contributed by atoms with van der Waals surface area (Å²) in [5.74, 6) is -0.946. The molecule has 0 aliphatic heterocycles. The number of aromatic nitrogens is 4.